The second-order valence-electron chi connectivity index (χ2n) is 6.46. The molecular weight excluding hydrogens is 246 g/mol. The smallest absolute Gasteiger partial charge is 0.0576 e. The lowest BCUT2D eigenvalue weighted by Crippen LogP contribution is -2.37. The molecule has 0 radical (unpaired) electrons. The Morgan fingerprint density at radius 2 is 1.80 bits per heavy atom. The molecule has 1 rings (SSSR count). The van der Waals surface area contributed by atoms with Gasteiger partial charge in [0, 0.05) is 12.6 Å². The number of hydrogen-bond donors (Lipinski definition) is 1. The van der Waals surface area contributed by atoms with Crippen LogP contribution in [0.3, 0.4) is 0 Å². The summed E-state index contributed by atoms with van der Waals surface area (Å²) in [6, 6.07) is 0.733. The molecule has 0 amide bonds. The van der Waals surface area contributed by atoms with E-state index in [1.54, 1.807) is 0 Å². The van der Waals surface area contributed by atoms with Gasteiger partial charge in [0.05, 0.1) is 6.10 Å². The second-order valence-corrected chi connectivity index (χ2v) is 6.46. The van der Waals surface area contributed by atoms with Gasteiger partial charge in [-0.25, -0.2) is 0 Å². The molecule has 0 saturated carbocycles. The summed E-state index contributed by atoms with van der Waals surface area (Å²) in [4.78, 5) is 0. The molecule has 0 aromatic carbocycles. The lowest BCUT2D eigenvalue weighted by atomic mass is 9.87. The van der Waals surface area contributed by atoms with Gasteiger partial charge >= 0.3 is 0 Å². The van der Waals surface area contributed by atoms with Crippen LogP contribution in [0.5, 0.6) is 0 Å². The third kappa shape index (κ3) is 7.08. The summed E-state index contributed by atoms with van der Waals surface area (Å²) in [5.41, 5.74) is 0. The molecule has 0 bridgehead atoms. The Balaban J connectivity index is 2.34. The molecule has 0 spiro atoms. The Kier molecular flexibility index (Phi) is 10.4. The summed E-state index contributed by atoms with van der Waals surface area (Å²) >= 11 is 0. The third-order valence-corrected chi connectivity index (χ3v) is 4.61. The summed E-state index contributed by atoms with van der Waals surface area (Å²) in [7, 11) is 0. The SMILES string of the molecule is CCCNC(CCCC1CCCO1)C(CCC)CCC. The molecule has 1 heterocycles. The molecule has 2 nitrogen and oxygen atoms in total. The van der Waals surface area contributed by atoms with Crippen molar-refractivity contribution in [3.05, 3.63) is 0 Å². The number of hydrogen-bond acceptors (Lipinski definition) is 2. The van der Waals surface area contributed by atoms with E-state index in [9.17, 15) is 0 Å². The Morgan fingerprint density at radius 3 is 2.35 bits per heavy atom. The molecule has 1 aliphatic heterocycles. The standard InChI is InChI=1S/C18H37NO/c1-4-9-16(10-5-2)18(19-14-6-3)13-7-11-17-12-8-15-20-17/h16-19H,4-15H2,1-3H3. The first kappa shape index (κ1) is 18.0. The van der Waals surface area contributed by atoms with Crippen molar-refractivity contribution < 1.29 is 4.74 Å². The van der Waals surface area contributed by atoms with Gasteiger partial charge < -0.3 is 10.1 Å². The second kappa shape index (κ2) is 11.6. The zero-order valence-corrected chi connectivity index (χ0v) is 14.1. The summed E-state index contributed by atoms with van der Waals surface area (Å²) in [6.45, 7) is 9.09. The average Bonchev–Trinajstić information content (AvgIpc) is 2.96. The highest BCUT2D eigenvalue weighted by Crippen LogP contribution is 2.24. The van der Waals surface area contributed by atoms with Gasteiger partial charge in [0.1, 0.15) is 0 Å². The van der Waals surface area contributed by atoms with Crippen LogP contribution < -0.4 is 5.32 Å². The maximum Gasteiger partial charge on any atom is 0.0576 e. The molecule has 1 N–H and O–H groups in total. The molecule has 0 aromatic rings. The fourth-order valence-electron chi connectivity index (χ4n) is 3.56. The van der Waals surface area contributed by atoms with Gasteiger partial charge in [-0.05, 0) is 63.8 Å². The zero-order valence-electron chi connectivity index (χ0n) is 14.1. The van der Waals surface area contributed by atoms with Crippen molar-refractivity contribution in [1.82, 2.24) is 5.32 Å². The van der Waals surface area contributed by atoms with Gasteiger partial charge in [-0.1, -0.05) is 33.6 Å². The fourth-order valence-corrected chi connectivity index (χ4v) is 3.56. The first-order valence-corrected chi connectivity index (χ1v) is 9.16. The molecule has 2 heteroatoms. The molecular formula is C18H37NO. The average molecular weight is 283 g/mol. The van der Waals surface area contributed by atoms with Gasteiger partial charge in [0.25, 0.3) is 0 Å². The van der Waals surface area contributed by atoms with Gasteiger partial charge in [-0.2, -0.15) is 0 Å². The Labute approximate surface area is 127 Å². The van der Waals surface area contributed by atoms with Gasteiger partial charge in [-0.15, -0.1) is 0 Å². The minimum absolute atomic E-state index is 0.567. The topological polar surface area (TPSA) is 21.3 Å². The maximum atomic E-state index is 5.75. The fraction of sp³-hybridized carbons (Fsp3) is 1.00. The summed E-state index contributed by atoms with van der Waals surface area (Å²) in [6.07, 6.45) is 13.7. The van der Waals surface area contributed by atoms with Crippen LogP contribution in [0.2, 0.25) is 0 Å². The normalized spacial score (nSPS) is 20.7. The molecule has 0 aliphatic carbocycles. The van der Waals surface area contributed by atoms with Crippen molar-refractivity contribution in [2.75, 3.05) is 13.2 Å². The first-order valence-electron chi connectivity index (χ1n) is 9.16. The maximum absolute atomic E-state index is 5.75. The van der Waals surface area contributed by atoms with Crippen LogP contribution in [0, 0.1) is 5.92 Å². The predicted octanol–water partition coefficient (Wildman–Crippen LogP) is 4.92. The molecule has 2 unspecified atom stereocenters. The van der Waals surface area contributed by atoms with E-state index in [-0.39, 0.29) is 0 Å². The van der Waals surface area contributed by atoms with Gasteiger partial charge in [0.15, 0.2) is 0 Å². The van der Waals surface area contributed by atoms with E-state index in [0.717, 1.165) is 18.6 Å². The Morgan fingerprint density at radius 1 is 1.05 bits per heavy atom. The van der Waals surface area contributed by atoms with E-state index < -0.39 is 0 Å². The highest BCUT2D eigenvalue weighted by atomic mass is 16.5. The molecule has 1 saturated heterocycles. The molecule has 0 aromatic heterocycles. The monoisotopic (exact) mass is 283 g/mol. The van der Waals surface area contributed by atoms with Crippen LogP contribution in [0.15, 0.2) is 0 Å². The lowest BCUT2D eigenvalue weighted by molar-refractivity contribution is 0.100. The summed E-state index contributed by atoms with van der Waals surface area (Å²) in [5.74, 6) is 0.876. The quantitative estimate of drug-likeness (QED) is 0.549. The van der Waals surface area contributed by atoms with Crippen molar-refractivity contribution in [2.45, 2.75) is 97.1 Å². The first-order chi connectivity index (χ1) is 9.81. The molecule has 120 valence electrons. The van der Waals surface area contributed by atoms with Crippen LogP contribution in [0.1, 0.15) is 85.0 Å². The molecule has 1 fully saturated rings. The van der Waals surface area contributed by atoms with Crippen molar-refractivity contribution in [3.63, 3.8) is 0 Å². The predicted molar refractivity (Wildman–Crippen MR) is 88.2 cm³/mol. The zero-order chi connectivity index (χ0) is 14.6. The van der Waals surface area contributed by atoms with E-state index in [4.69, 9.17) is 4.74 Å². The number of ether oxygens (including phenoxy) is 1. The van der Waals surface area contributed by atoms with Gasteiger partial charge in [-0.3, -0.25) is 0 Å². The Hall–Kier alpha value is -0.0800. The largest absolute Gasteiger partial charge is 0.378 e. The van der Waals surface area contributed by atoms with Crippen LogP contribution in [0.4, 0.5) is 0 Å². The Bertz CT molecular complexity index is 207. The molecule has 1 aliphatic rings. The van der Waals surface area contributed by atoms with E-state index >= 15 is 0 Å². The minimum atomic E-state index is 0.567. The third-order valence-electron chi connectivity index (χ3n) is 4.61. The van der Waals surface area contributed by atoms with Gasteiger partial charge in [0.2, 0.25) is 0 Å². The van der Waals surface area contributed by atoms with Crippen molar-refractivity contribution >= 4 is 0 Å². The minimum Gasteiger partial charge on any atom is -0.378 e. The van der Waals surface area contributed by atoms with Crippen LogP contribution in [0.25, 0.3) is 0 Å². The van der Waals surface area contributed by atoms with E-state index in [2.05, 4.69) is 26.1 Å². The van der Waals surface area contributed by atoms with Crippen molar-refractivity contribution in [3.8, 4) is 0 Å². The number of rotatable bonds is 12. The van der Waals surface area contributed by atoms with Crippen LogP contribution in [-0.4, -0.2) is 25.3 Å². The van der Waals surface area contributed by atoms with E-state index in [1.807, 2.05) is 0 Å². The highest BCUT2D eigenvalue weighted by Gasteiger charge is 2.21. The van der Waals surface area contributed by atoms with Crippen LogP contribution in [-0.2, 0) is 4.74 Å². The molecule has 2 atom stereocenters. The summed E-state index contributed by atoms with van der Waals surface area (Å²) < 4.78 is 5.75. The lowest BCUT2D eigenvalue weighted by Gasteiger charge is -2.28. The number of nitrogens with one attached hydrogen (secondary N) is 1. The van der Waals surface area contributed by atoms with E-state index in [0.29, 0.717) is 6.10 Å². The van der Waals surface area contributed by atoms with Crippen molar-refractivity contribution in [1.29, 1.82) is 0 Å². The van der Waals surface area contributed by atoms with Crippen molar-refractivity contribution in [2.24, 2.45) is 5.92 Å². The molecule has 20 heavy (non-hydrogen) atoms. The highest BCUT2D eigenvalue weighted by molar-refractivity contribution is 4.77. The summed E-state index contributed by atoms with van der Waals surface area (Å²) in [5, 5.41) is 3.82. The van der Waals surface area contributed by atoms with Crippen LogP contribution >= 0.6 is 0 Å². The van der Waals surface area contributed by atoms with E-state index in [1.165, 1.54) is 70.8 Å².